The molecule has 1 unspecified atom stereocenters. The fourth-order valence-electron chi connectivity index (χ4n) is 3.69. The van der Waals surface area contributed by atoms with Gasteiger partial charge < -0.3 is 19.1 Å². The number of piperidine rings is 1. The van der Waals surface area contributed by atoms with E-state index in [1.54, 1.807) is 6.07 Å². The molecule has 3 aliphatic heterocycles. The fourth-order valence-corrected chi connectivity index (χ4v) is 4.03. The van der Waals surface area contributed by atoms with Gasteiger partial charge in [0.2, 0.25) is 5.91 Å². The lowest BCUT2D eigenvalue weighted by Gasteiger charge is -2.36. The van der Waals surface area contributed by atoms with Crippen molar-refractivity contribution in [1.82, 2.24) is 4.90 Å². The first-order chi connectivity index (χ1) is 12.6. The topological polar surface area (TPSA) is 68.3 Å². The highest BCUT2D eigenvalue weighted by Gasteiger charge is 2.34. The van der Waals surface area contributed by atoms with Crippen LogP contribution in [0.1, 0.15) is 12.8 Å². The van der Waals surface area contributed by atoms with Crippen LogP contribution in [0.25, 0.3) is 0 Å². The van der Waals surface area contributed by atoms with Crippen molar-refractivity contribution in [2.45, 2.75) is 19.1 Å². The summed E-state index contributed by atoms with van der Waals surface area (Å²) in [4.78, 5) is 28.5. The lowest BCUT2D eigenvalue weighted by atomic mass is 9.97. The molecular formula is C18H21BrN2O5. The van der Waals surface area contributed by atoms with Crippen LogP contribution in [0.2, 0.25) is 0 Å². The average Bonchev–Trinajstić information content (AvgIpc) is 3.19. The predicted molar refractivity (Wildman–Crippen MR) is 97.0 cm³/mol. The van der Waals surface area contributed by atoms with E-state index < -0.39 is 0 Å². The molecule has 1 aromatic carbocycles. The third-order valence-corrected chi connectivity index (χ3v) is 5.49. The molecule has 26 heavy (non-hydrogen) atoms. The van der Waals surface area contributed by atoms with Gasteiger partial charge in [-0.3, -0.25) is 14.5 Å². The lowest BCUT2D eigenvalue weighted by molar-refractivity contribution is -0.139. The molecule has 3 heterocycles. The normalized spacial score (nSPS) is 23.7. The Morgan fingerprint density at radius 1 is 1.27 bits per heavy atom. The van der Waals surface area contributed by atoms with Crippen molar-refractivity contribution in [3.63, 3.8) is 0 Å². The molecule has 0 radical (unpaired) electrons. The number of halogens is 1. The number of carbonyl (C=O) groups is 2. The molecule has 2 saturated heterocycles. The smallest absolute Gasteiger partial charge is 0.265 e. The standard InChI is InChI=1S/C18H21BrN2O5/c19-13-3-4-14-15(8-13)26-11-17(23)21(14)10-16(22)20-5-1-2-12(9-20)18-24-6-7-25-18/h3-4,8,12,18H,1-2,5-7,9-11H2. The zero-order valence-corrected chi connectivity index (χ0v) is 15.9. The van der Waals surface area contributed by atoms with E-state index in [0.717, 1.165) is 17.3 Å². The first-order valence-electron chi connectivity index (χ1n) is 8.85. The Morgan fingerprint density at radius 2 is 2.08 bits per heavy atom. The largest absolute Gasteiger partial charge is 0.482 e. The molecule has 140 valence electrons. The number of carbonyl (C=O) groups excluding carboxylic acids is 2. The second-order valence-corrected chi connectivity index (χ2v) is 7.65. The van der Waals surface area contributed by atoms with Gasteiger partial charge in [0.05, 0.1) is 18.9 Å². The highest BCUT2D eigenvalue weighted by Crippen LogP contribution is 2.34. The predicted octanol–water partition coefficient (Wildman–Crippen LogP) is 1.79. The molecule has 8 heteroatoms. The summed E-state index contributed by atoms with van der Waals surface area (Å²) in [7, 11) is 0. The first kappa shape index (κ1) is 17.8. The van der Waals surface area contributed by atoms with E-state index in [9.17, 15) is 9.59 Å². The number of hydrogen-bond acceptors (Lipinski definition) is 5. The molecule has 2 fully saturated rings. The molecule has 4 rings (SSSR count). The zero-order valence-electron chi connectivity index (χ0n) is 14.4. The van der Waals surface area contributed by atoms with Gasteiger partial charge in [-0.1, -0.05) is 15.9 Å². The third kappa shape index (κ3) is 3.58. The van der Waals surface area contributed by atoms with Gasteiger partial charge in [-0.25, -0.2) is 0 Å². The summed E-state index contributed by atoms with van der Waals surface area (Å²) in [5.41, 5.74) is 0.633. The number of hydrogen-bond donors (Lipinski definition) is 0. The lowest BCUT2D eigenvalue weighted by Crippen LogP contribution is -2.50. The maximum Gasteiger partial charge on any atom is 0.265 e. The van der Waals surface area contributed by atoms with Crippen molar-refractivity contribution >= 4 is 33.4 Å². The molecule has 0 aromatic heterocycles. The fraction of sp³-hybridized carbons (Fsp3) is 0.556. The Hall–Kier alpha value is -1.64. The Balaban J connectivity index is 1.45. The number of ether oxygens (including phenoxy) is 3. The molecule has 0 saturated carbocycles. The van der Waals surface area contributed by atoms with Gasteiger partial charge in [-0.2, -0.15) is 0 Å². The van der Waals surface area contributed by atoms with Gasteiger partial charge in [0, 0.05) is 23.5 Å². The van der Waals surface area contributed by atoms with E-state index in [2.05, 4.69) is 15.9 Å². The second kappa shape index (κ2) is 7.54. The van der Waals surface area contributed by atoms with E-state index in [-0.39, 0.29) is 37.2 Å². The monoisotopic (exact) mass is 424 g/mol. The summed E-state index contributed by atoms with van der Waals surface area (Å²) in [5.74, 6) is 0.538. The van der Waals surface area contributed by atoms with Gasteiger partial charge in [0.15, 0.2) is 12.9 Å². The van der Waals surface area contributed by atoms with Crippen molar-refractivity contribution < 1.29 is 23.8 Å². The molecule has 0 aliphatic carbocycles. The van der Waals surface area contributed by atoms with Gasteiger partial charge in [-0.05, 0) is 31.0 Å². The molecule has 1 atom stereocenters. The van der Waals surface area contributed by atoms with Crippen LogP contribution in [0, 0.1) is 5.92 Å². The van der Waals surface area contributed by atoms with E-state index >= 15 is 0 Å². The highest BCUT2D eigenvalue weighted by molar-refractivity contribution is 9.10. The Kier molecular flexibility index (Phi) is 5.15. The number of nitrogens with zero attached hydrogens (tertiary/aromatic N) is 2. The minimum atomic E-state index is -0.214. The van der Waals surface area contributed by atoms with Gasteiger partial charge >= 0.3 is 0 Å². The van der Waals surface area contributed by atoms with Crippen molar-refractivity contribution in [2.75, 3.05) is 44.4 Å². The maximum atomic E-state index is 12.8. The summed E-state index contributed by atoms with van der Waals surface area (Å²) >= 11 is 3.40. The minimum absolute atomic E-state index is 0.0237. The SMILES string of the molecule is O=C(CN1C(=O)COc2cc(Br)ccc21)N1CCCC(C2OCCO2)C1. The number of amides is 2. The molecular weight excluding hydrogens is 404 g/mol. The van der Waals surface area contributed by atoms with E-state index in [1.807, 2.05) is 17.0 Å². The molecule has 0 bridgehead atoms. The van der Waals surface area contributed by atoms with Crippen molar-refractivity contribution in [2.24, 2.45) is 5.92 Å². The molecule has 0 N–H and O–H groups in total. The molecule has 0 spiro atoms. The number of benzene rings is 1. The number of fused-ring (bicyclic) bond motifs is 1. The number of likely N-dealkylation sites (tertiary alicyclic amines) is 1. The average molecular weight is 425 g/mol. The van der Waals surface area contributed by atoms with Crippen LogP contribution < -0.4 is 9.64 Å². The van der Waals surface area contributed by atoms with Crippen molar-refractivity contribution in [3.05, 3.63) is 22.7 Å². The second-order valence-electron chi connectivity index (χ2n) is 6.73. The van der Waals surface area contributed by atoms with Crippen LogP contribution in [0.5, 0.6) is 5.75 Å². The third-order valence-electron chi connectivity index (χ3n) is 5.00. The van der Waals surface area contributed by atoms with Crippen molar-refractivity contribution in [3.8, 4) is 5.75 Å². The summed E-state index contributed by atoms with van der Waals surface area (Å²) in [6, 6.07) is 5.44. The Bertz CT molecular complexity index is 707. The molecule has 3 aliphatic rings. The van der Waals surface area contributed by atoms with Crippen LogP contribution >= 0.6 is 15.9 Å². The maximum absolute atomic E-state index is 12.8. The Morgan fingerprint density at radius 3 is 2.88 bits per heavy atom. The van der Waals surface area contributed by atoms with Gasteiger partial charge in [0.25, 0.3) is 5.91 Å². The molecule has 7 nitrogen and oxygen atoms in total. The van der Waals surface area contributed by atoms with Crippen LogP contribution in [-0.4, -0.2) is 62.5 Å². The summed E-state index contributed by atoms with van der Waals surface area (Å²) < 4.78 is 17.5. The van der Waals surface area contributed by atoms with Crippen LogP contribution in [0.15, 0.2) is 22.7 Å². The zero-order chi connectivity index (χ0) is 18.1. The highest BCUT2D eigenvalue weighted by atomic mass is 79.9. The number of anilines is 1. The van der Waals surface area contributed by atoms with E-state index in [0.29, 0.717) is 37.7 Å². The van der Waals surface area contributed by atoms with Gasteiger partial charge in [-0.15, -0.1) is 0 Å². The first-order valence-corrected chi connectivity index (χ1v) is 9.65. The minimum Gasteiger partial charge on any atom is -0.482 e. The molecule has 2 amide bonds. The molecule has 1 aromatic rings. The van der Waals surface area contributed by atoms with E-state index in [1.165, 1.54) is 4.90 Å². The van der Waals surface area contributed by atoms with Crippen LogP contribution in [-0.2, 0) is 19.1 Å². The van der Waals surface area contributed by atoms with Gasteiger partial charge in [0.1, 0.15) is 12.3 Å². The van der Waals surface area contributed by atoms with E-state index in [4.69, 9.17) is 14.2 Å². The summed E-state index contributed by atoms with van der Waals surface area (Å²) in [6.45, 7) is 2.51. The van der Waals surface area contributed by atoms with Crippen molar-refractivity contribution in [1.29, 1.82) is 0 Å². The Labute approximate surface area is 160 Å². The summed E-state index contributed by atoms with van der Waals surface area (Å²) in [6.07, 6.45) is 1.69. The van der Waals surface area contributed by atoms with Crippen LogP contribution in [0.3, 0.4) is 0 Å². The van der Waals surface area contributed by atoms with Crippen LogP contribution in [0.4, 0.5) is 5.69 Å². The number of rotatable bonds is 3. The quantitative estimate of drug-likeness (QED) is 0.739. The summed E-state index contributed by atoms with van der Waals surface area (Å²) in [5, 5.41) is 0.